The van der Waals surface area contributed by atoms with Gasteiger partial charge in [0, 0.05) is 18.7 Å². The molecule has 1 aromatic heterocycles. The average Bonchev–Trinajstić information content (AvgIpc) is 3.28. The molecule has 1 aliphatic heterocycles. The molecule has 1 aliphatic rings. The number of amides is 1. The number of carbonyl (C=O) groups is 2. The highest BCUT2D eigenvalue weighted by Gasteiger charge is 2.31. The van der Waals surface area contributed by atoms with E-state index in [0.29, 0.717) is 18.7 Å². The molecule has 0 bridgehead atoms. The van der Waals surface area contributed by atoms with Gasteiger partial charge in [0.05, 0.1) is 4.92 Å². The fourth-order valence-corrected chi connectivity index (χ4v) is 3.39. The third-order valence-corrected chi connectivity index (χ3v) is 4.80. The molecule has 2 heterocycles. The molecule has 28 heavy (non-hydrogen) atoms. The van der Waals surface area contributed by atoms with Crippen LogP contribution in [0.5, 0.6) is 0 Å². The van der Waals surface area contributed by atoms with Crippen LogP contribution in [-0.4, -0.2) is 44.6 Å². The molecular formula is C19H22N4O5. The smallest absolute Gasteiger partial charge is 0.328 e. The molecule has 9 heteroatoms. The maximum Gasteiger partial charge on any atom is 0.328 e. The van der Waals surface area contributed by atoms with Crippen molar-refractivity contribution in [3.63, 3.8) is 0 Å². The van der Waals surface area contributed by atoms with E-state index in [1.54, 1.807) is 29.2 Å². The van der Waals surface area contributed by atoms with Crippen LogP contribution < -0.4 is 0 Å². The van der Waals surface area contributed by atoms with E-state index in [1.165, 1.54) is 18.5 Å². The van der Waals surface area contributed by atoms with Crippen molar-refractivity contribution in [3.05, 3.63) is 57.4 Å². The van der Waals surface area contributed by atoms with E-state index in [9.17, 15) is 19.7 Å². The number of ether oxygens (including phenoxy) is 1. The molecule has 9 nitrogen and oxygen atoms in total. The van der Waals surface area contributed by atoms with Gasteiger partial charge in [-0.2, -0.15) is 5.10 Å². The minimum absolute atomic E-state index is 0.124. The molecular weight excluding hydrogens is 364 g/mol. The first-order chi connectivity index (χ1) is 13.4. The Hall–Kier alpha value is -3.23. The molecule has 1 atom stereocenters. The van der Waals surface area contributed by atoms with E-state index in [2.05, 4.69) is 5.10 Å². The average molecular weight is 386 g/mol. The van der Waals surface area contributed by atoms with Gasteiger partial charge in [0.2, 0.25) is 6.10 Å². The highest BCUT2D eigenvalue weighted by atomic mass is 16.6. The molecule has 148 valence electrons. The van der Waals surface area contributed by atoms with Gasteiger partial charge < -0.3 is 9.64 Å². The number of esters is 1. The van der Waals surface area contributed by atoms with E-state index in [4.69, 9.17) is 4.74 Å². The van der Waals surface area contributed by atoms with Gasteiger partial charge in [-0.3, -0.25) is 24.4 Å². The summed E-state index contributed by atoms with van der Waals surface area (Å²) in [6.45, 7) is 4.01. The Labute approximate surface area is 162 Å². The van der Waals surface area contributed by atoms with Crippen LogP contribution >= 0.6 is 0 Å². The third kappa shape index (κ3) is 4.03. The summed E-state index contributed by atoms with van der Waals surface area (Å²) < 4.78 is 6.75. The second-order valence-corrected chi connectivity index (χ2v) is 6.75. The molecule has 0 aliphatic carbocycles. The molecule has 1 amide bonds. The molecule has 3 rings (SSSR count). The van der Waals surface area contributed by atoms with Gasteiger partial charge in [-0.1, -0.05) is 30.3 Å². The third-order valence-electron chi connectivity index (χ3n) is 4.80. The fourth-order valence-electron chi connectivity index (χ4n) is 3.39. The van der Waals surface area contributed by atoms with Gasteiger partial charge in [-0.15, -0.1) is 0 Å². The van der Waals surface area contributed by atoms with Crippen LogP contribution in [0.2, 0.25) is 0 Å². The Balaban J connectivity index is 1.79. The number of hydrogen-bond acceptors (Lipinski definition) is 6. The van der Waals surface area contributed by atoms with Gasteiger partial charge in [-0.05, 0) is 26.7 Å². The largest absolute Gasteiger partial charge is 0.446 e. The Morgan fingerprint density at radius 1 is 1.21 bits per heavy atom. The topological polar surface area (TPSA) is 108 Å². The highest BCUT2D eigenvalue weighted by molar-refractivity contribution is 5.85. The maximum absolute atomic E-state index is 12.9. The number of aromatic nitrogens is 2. The number of aryl methyl sites for hydroxylation is 1. The number of nitrogens with zero attached hydrogens (tertiary/aromatic N) is 4. The number of hydrogen-bond donors (Lipinski definition) is 0. The number of nitro groups is 1. The van der Waals surface area contributed by atoms with Gasteiger partial charge in [0.15, 0.2) is 0 Å². The monoisotopic (exact) mass is 386 g/mol. The van der Waals surface area contributed by atoms with Crippen molar-refractivity contribution in [2.75, 3.05) is 13.1 Å². The zero-order valence-corrected chi connectivity index (χ0v) is 15.8. The zero-order chi connectivity index (χ0) is 20.3. The second kappa shape index (κ2) is 8.20. The summed E-state index contributed by atoms with van der Waals surface area (Å²) in [5, 5.41) is 15.2. The van der Waals surface area contributed by atoms with Crippen molar-refractivity contribution in [1.29, 1.82) is 0 Å². The lowest BCUT2D eigenvalue weighted by atomic mass is 10.1. The first kappa shape index (κ1) is 19.5. The first-order valence-corrected chi connectivity index (χ1v) is 9.10. The number of carbonyl (C=O) groups excluding carboxylic acids is 2. The fraction of sp³-hybridized carbons (Fsp3) is 0.421. The Morgan fingerprint density at radius 3 is 2.43 bits per heavy atom. The van der Waals surface area contributed by atoms with E-state index >= 15 is 0 Å². The Morgan fingerprint density at radius 2 is 1.86 bits per heavy atom. The Bertz CT molecular complexity index is 887. The van der Waals surface area contributed by atoms with E-state index in [-0.39, 0.29) is 29.5 Å². The molecule has 1 saturated heterocycles. The van der Waals surface area contributed by atoms with Crippen LogP contribution in [0, 0.1) is 24.0 Å². The minimum atomic E-state index is -1.04. The van der Waals surface area contributed by atoms with Crippen LogP contribution in [0.3, 0.4) is 0 Å². The molecule has 1 fully saturated rings. The molecule has 0 N–H and O–H groups in total. The predicted molar refractivity (Wildman–Crippen MR) is 99.4 cm³/mol. The van der Waals surface area contributed by atoms with Crippen LogP contribution in [0.25, 0.3) is 0 Å². The highest BCUT2D eigenvalue weighted by Crippen LogP contribution is 2.25. The summed E-state index contributed by atoms with van der Waals surface area (Å²) in [5.74, 6) is -0.932. The van der Waals surface area contributed by atoms with Crippen molar-refractivity contribution < 1.29 is 19.2 Å². The Kier molecular flexibility index (Phi) is 5.72. The first-order valence-electron chi connectivity index (χ1n) is 9.10. The summed E-state index contributed by atoms with van der Waals surface area (Å²) in [6, 6.07) is 8.84. The van der Waals surface area contributed by atoms with Gasteiger partial charge in [0.1, 0.15) is 17.9 Å². The minimum Gasteiger partial charge on any atom is -0.446 e. The van der Waals surface area contributed by atoms with Crippen LogP contribution in [0.4, 0.5) is 5.69 Å². The standard InChI is InChI=1S/C19H22N4O5/c1-13-17(23(26)27)14(2)22(20-13)12-16(24)28-18(15-8-4-3-5-9-15)19(25)21-10-6-7-11-21/h3-5,8-9,18H,6-7,10-12H2,1-2H3/t18-/m0/s1. The quantitative estimate of drug-likeness (QED) is 0.428. The summed E-state index contributed by atoms with van der Waals surface area (Å²) in [4.78, 5) is 37.7. The van der Waals surface area contributed by atoms with Crippen molar-refractivity contribution in [1.82, 2.24) is 14.7 Å². The lowest BCUT2D eigenvalue weighted by Gasteiger charge is -2.23. The second-order valence-electron chi connectivity index (χ2n) is 6.75. The summed E-state index contributed by atoms with van der Waals surface area (Å²) in [6.07, 6.45) is 0.812. The number of benzene rings is 1. The summed E-state index contributed by atoms with van der Waals surface area (Å²) >= 11 is 0. The zero-order valence-electron chi connectivity index (χ0n) is 15.8. The summed E-state index contributed by atoms with van der Waals surface area (Å²) in [7, 11) is 0. The van der Waals surface area contributed by atoms with Crippen LogP contribution in [0.1, 0.15) is 35.9 Å². The normalized spacial score (nSPS) is 14.7. The number of rotatable bonds is 6. The van der Waals surface area contributed by atoms with Crippen molar-refractivity contribution in [2.24, 2.45) is 0 Å². The van der Waals surface area contributed by atoms with Crippen molar-refractivity contribution >= 4 is 17.6 Å². The molecule has 0 spiro atoms. The van der Waals surface area contributed by atoms with Crippen molar-refractivity contribution in [2.45, 2.75) is 39.3 Å². The van der Waals surface area contributed by atoms with Gasteiger partial charge in [-0.25, -0.2) is 0 Å². The van der Waals surface area contributed by atoms with E-state index < -0.39 is 17.0 Å². The summed E-state index contributed by atoms with van der Waals surface area (Å²) in [5.41, 5.74) is 0.956. The number of likely N-dealkylation sites (tertiary alicyclic amines) is 1. The molecule has 2 aromatic rings. The molecule has 0 saturated carbocycles. The van der Waals surface area contributed by atoms with Crippen LogP contribution in [-0.2, 0) is 20.9 Å². The van der Waals surface area contributed by atoms with Crippen molar-refractivity contribution in [3.8, 4) is 0 Å². The van der Waals surface area contributed by atoms with Gasteiger partial charge >= 0.3 is 11.7 Å². The molecule has 1 aromatic carbocycles. The molecule has 0 radical (unpaired) electrons. The van der Waals surface area contributed by atoms with Crippen LogP contribution in [0.15, 0.2) is 30.3 Å². The molecule has 0 unspecified atom stereocenters. The maximum atomic E-state index is 12.9. The SMILES string of the molecule is Cc1nn(CC(=O)O[C@H](C(=O)N2CCCC2)c2ccccc2)c(C)c1[N+](=O)[O-]. The lowest BCUT2D eigenvalue weighted by Crippen LogP contribution is -2.35. The lowest BCUT2D eigenvalue weighted by molar-refractivity contribution is -0.386. The van der Waals surface area contributed by atoms with Gasteiger partial charge in [0.25, 0.3) is 5.91 Å². The predicted octanol–water partition coefficient (Wildman–Crippen LogP) is 2.32. The van der Waals surface area contributed by atoms with E-state index in [0.717, 1.165) is 12.8 Å². The van der Waals surface area contributed by atoms with E-state index in [1.807, 2.05) is 6.07 Å².